The van der Waals surface area contributed by atoms with Crippen molar-refractivity contribution in [3.05, 3.63) is 151 Å². The monoisotopic (exact) mass is 499 g/mol. The second kappa shape index (κ2) is 9.45. The fraction of sp³-hybridized carbons (Fsp3) is 0.0526. The molecule has 0 unspecified atom stereocenters. The van der Waals surface area contributed by atoms with Gasteiger partial charge in [0.05, 0.1) is 5.69 Å². The molecule has 1 heteroatoms. The van der Waals surface area contributed by atoms with E-state index in [-0.39, 0.29) is 0 Å². The van der Waals surface area contributed by atoms with Crippen LogP contribution in [-0.2, 0) is 0 Å². The van der Waals surface area contributed by atoms with Crippen LogP contribution in [0.5, 0.6) is 0 Å². The first kappa shape index (κ1) is 23.3. The Morgan fingerprint density at radius 1 is 0.436 bits per heavy atom. The van der Waals surface area contributed by atoms with Gasteiger partial charge in [0.1, 0.15) is 0 Å². The van der Waals surface area contributed by atoms with Gasteiger partial charge in [0.15, 0.2) is 0 Å². The molecular formula is C38H29N. The highest BCUT2D eigenvalue weighted by atomic mass is 15.1. The molecule has 7 aromatic carbocycles. The van der Waals surface area contributed by atoms with E-state index in [2.05, 4.69) is 158 Å². The van der Waals surface area contributed by atoms with Gasteiger partial charge in [-0.3, -0.25) is 0 Å². The second-order valence-corrected chi connectivity index (χ2v) is 10.4. The lowest BCUT2D eigenvalue weighted by atomic mass is 9.90. The Morgan fingerprint density at radius 3 is 1.51 bits per heavy atom. The normalized spacial score (nSPS) is 11.3. The average Bonchev–Trinajstić information content (AvgIpc) is 2.99. The Labute approximate surface area is 229 Å². The summed E-state index contributed by atoms with van der Waals surface area (Å²) < 4.78 is 0. The molecule has 7 rings (SSSR count). The van der Waals surface area contributed by atoms with Crippen molar-refractivity contribution in [1.29, 1.82) is 0 Å². The zero-order valence-electron chi connectivity index (χ0n) is 22.2. The third kappa shape index (κ3) is 4.04. The van der Waals surface area contributed by atoms with Crippen LogP contribution in [0.3, 0.4) is 0 Å². The van der Waals surface area contributed by atoms with E-state index in [4.69, 9.17) is 0 Å². The predicted molar refractivity (Wildman–Crippen MR) is 169 cm³/mol. The van der Waals surface area contributed by atoms with Gasteiger partial charge in [0.2, 0.25) is 0 Å². The number of fused-ring (bicyclic) bond motifs is 5. The topological polar surface area (TPSA) is 3.24 Å². The molecule has 0 radical (unpaired) electrons. The molecule has 0 heterocycles. The van der Waals surface area contributed by atoms with E-state index in [9.17, 15) is 0 Å². The summed E-state index contributed by atoms with van der Waals surface area (Å²) in [7, 11) is 0. The van der Waals surface area contributed by atoms with Crippen LogP contribution in [-0.4, -0.2) is 0 Å². The summed E-state index contributed by atoms with van der Waals surface area (Å²) in [6.45, 7) is 4.28. The Hall–Kier alpha value is -4.88. The van der Waals surface area contributed by atoms with Gasteiger partial charge in [-0.25, -0.2) is 0 Å². The van der Waals surface area contributed by atoms with Crippen LogP contribution >= 0.6 is 0 Å². The van der Waals surface area contributed by atoms with Crippen LogP contribution in [0.25, 0.3) is 43.4 Å². The standard InChI is InChI=1S/C38H29N/c1-26-16-20-30(21-17-26)39(31-22-18-27(2)19-23-31)37-25-29-24-36(28-10-4-3-5-11-28)32-12-6-8-14-34(32)38(29)35-15-9-7-13-33(35)37/h3-25H,1-2H3. The van der Waals surface area contributed by atoms with E-state index in [1.807, 2.05) is 0 Å². The first-order valence-electron chi connectivity index (χ1n) is 13.5. The Morgan fingerprint density at radius 2 is 0.923 bits per heavy atom. The number of nitrogens with zero attached hydrogens (tertiary/aromatic N) is 1. The highest BCUT2D eigenvalue weighted by Gasteiger charge is 2.19. The molecule has 0 fully saturated rings. The third-order valence-electron chi connectivity index (χ3n) is 7.75. The maximum absolute atomic E-state index is 2.40. The van der Waals surface area contributed by atoms with Crippen LogP contribution < -0.4 is 4.90 Å². The van der Waals surface area contributed by atoms with Crippen LogP contribution in [0.1, 0.15) is 11.1 Å². The Balaban J connectivity index is 1.60. The predicted octanol–water partition coefficient (Wildman–Crippen LogP) is 10.9. The van der Waals surface area contributed by atoms with Crippen molar-refractivity contribution in [2.45, 2.75) is 13.8 Å². The Bertz CT molecular complexity index is 1900. The van der Waals surface area contributed by atoms with Crippen molar-refractivity contribution in [2.24, 2.45) is 0 Å². The van der Waals surface area contributed by atoms with E-state index < -0.39 is 0 Å². The summed E-state index contributed by atoms with van der Waals surface area (Å²) in [6, 6.07) is 50.9. The zero-order valence-corrected chi connectivity index (χ0v) is 22.2. The highest BCUT2D eigenvalue weighted by molar-refractivity contribution is 6.26. The average molecular weight is 500 g/mol. The number of rotatable bonds is 4. The molecule has 0 bridgehead atoms. The van der Waals surface area contributed by atoms with Gasteiger partial charge < -0.3 is 4.90 Å². The summed E-state index contributed by atoms with van der Waals surface area (Å²) in [5.74, 6) is 0. The van der Waals surface area contributed by atoms with Crippen molar-refractivity contribution in [1.82, 2.24) is 0 Å². The SMILES string of the molecule is Cc1ccc(N(c2ccc(C)cc2)c2cc3cc(-c4ccccc4)c4ccccc4c3c3ccccc23)cc1. The summed E-state index contributed by atoms with van der Waals surface area (Å²) in [5, 5.41) is 7.62. The van der Waals surface area contributed by atoms with Crippen LogP contribution in [0.4, 0.5) is 17.1 Å². The van der Waals surface area contributed by atoms with Gasteiger partial charge in [0.25, 0.3) is 0 Å². The maximum atomic E-state index is 2.40. The van der Waals surface area contributed by atoms with Gasteiger partial charge >= 0.3 is 0 Å². The number of hydrogen-bond donors (Lipinski definition) is 0. The molecule has 0 aromatic heterocycles. The maximum Gasteiger partial charge on any atom is 0.0546 e. The highest BCUT2D eigenvalue weighted by Crippen LogP contribution is 2.45. The Kier molecular flexibility index (Phi) is 5.64. The van der Waals surface area contributed by atoms with Gasteiger partial charge in [-0.2, -0.15) is 0 Å². The molecule has 0 amide bonds. The zero-order chi connectivity index (χ0) is 26.3. The summed E-state index contributed by atoms with van der Waals surface area (Å²) in [4.78, 5) is 2.40. The first-order chi connectivity index (χ1) is 19.2. The fourth-order valence-corrected chi connectivity index (χ4v) is 5.82. The van der Waals surface area contributed by atoms with Crippen molar-refractivity contribution in [2.75, 3.05) is 4.90 Å². The van der Waals surface area contributed by atoms with Crippen LogP contribution in [0, 0.1) is 13.8 Å². The molecule has 0 aliphatic heterocycles. The molecule has 1 nitrogen and oxygen atoms in total. The van der Waals surface area contributed by atoms with Crippen LogP contribution in [0.2, 0.25) is 0 Å². The second-order valence-electron chi connectivity index (χ2n) is 10.4. The molecule has 39 heavy (non-hydrogen) atoms. The van der Waals surface area contributed by atoms with E-state index in [0.717, 1.165) is 11.4 Å². The molecule has 0 N–H and O–H groups in total. The first-order valence-corrected chi connectivity index (χ1v) is 13.5. The minimum absolute atomic E-state index is 1.15. The largest absolute Gasteiger partial charge is 0.310 e. The molecular weight excluding hydrogens is 470 g/mol. The van der Waals surface area contributed by atoms with E-state index >= 15 is 0 Å². The van der Waals surface area contributed by atoms with E-state index in [0.29, 0.717) is 0 Å². The molecule has 0 aliphatic rings. The smallest absolute Gasteiger partial charge is 0.0546 e. The van der Waals surface area contributed by atoms with Crippen molar-refractivity contribution < 1.29 is 0 Å². The lowest BCUT2D eigenvalue weighted by Crippen LogP contribution is -2.10. The third-order valence-corrected chi connectivity index (χ3v) is 7.75. The minimum atomic E-state index is 1.15. The van der Waals surface area contributed by atoms with Gasteiger partial charge in [-0.05, 0) is 88.3 Å². The summed E-state index contributed by atoms with van der Waals surface area (Å²) in [5.41, 5.74) is 8.49. The van der Waals surface area contributed by atoms with Crippen molar-refractivity contribution in [3.8, 4) is 11.1 Å². The molecule has 0 saturated heterocycles. The van der Waals surface area contributed by atoms with E-state index in [1.165, 1.54) is 60.3 Å². The number of anilines is 3. The molecule has 7 aromatic rings. The molecule has 0 atom stereocenters. The lowest BCUT2D eigenvalue weighted by molar-refractivity contribution is 1.28. The molecule has 0 aliphatic carbocycles. The fourth-order valence-electron chi connectivity index (χ4n) is 5.82. The number of aryl methyl sites for hydroxylation is 2. The molecule has 186 valence electrons. The van der Waals surface area contributed by atoms with Crippen molar-refractivity contribution >= 4 is 49.4 Å². The summed E-state index contributed by atoms with van der Waals surface area (Å²) in [6.07, 6.45) is 0. The van der Waals surface area contributed by atoms with E-state index in [1.54, 1.807) is 0 Å². The number of benzene rings is 7. The van der Waals surface area contributed by atoms with Gasteiger partial charge in [-0.1, -0.05) is 114 Å². The minimum Gasteiger partial charge on any atom is -0.310 e. The van der Waals surface area contributed by atoms with Crippen molar-refractivity contribution in [3.63, 3.8) is 0 Å². The lowest BCUT2D eigenvalue weighted by Gasteiger charge is -2.28. The van der Waals surface area contributed by atoms with Gasteiger partial charge in [-0.15, -0.1) is 0 Å². The molecule has 0 spiro atoms. The van der Waals surface area contributed by atoms with Gasteiger partial charge in [0, 0.05) is 16.8 Å². The summed E-state index contributed by atoms with van der Waals surface area (Å²) >= 11 is 0. The molecule has 0 saturated carbocycles. The quantitative estimate of drug-likeness (QED) is 0.218. The van der Waals surface area contributed by atoms with Crippen LogP contribution in [0.15, 0.2) is 140 Å². The number of hydrogen-bond acceptors (Lipinski definition) is 1.